The van der Waals surface area contributed by atoms with Crippen molar-refractivity contribution in [3.05, 3.63) is 194 Å². The number of aromatic carboxylic acids is 2. The molecule has 0 saturated heterocycles. The maximum Gasteiger partial charge on any atom is 3.00 e. The zero-order valence-electron chi connectivity index (χ0n) is 29.1. The average molecular weight is 829 g/mol. The molecule has 0 bridgehead atoms. The van der Waals surface area contributed by atoms with Crippen LogP contribution in [0.25, 0.3) is 22.5 Å². The first-order valence-electron chi connectivity index (χ1n) is 15.7. The van der Waals surface area contributed by atoms with Crippen LogP contribution in [-0.2, 0) is 34.1 Å². The number of carbonyl (C=O) groups excluding carboxylic acids is 2. The molecule has 280 valence electrons. The molecule has 14 nitrogen and oxygen atoms in total. The molecule has 6 heterocycles. The van der Waals surface area contributed by atoms with Crippen LogP contribution in [0.2, 0.25) is 0 Å². The van der Waals surface area contributed by atoms with Gasteiger partial charge in [-0.25, -0.2) is 0 Å². The van der Waals surface area contributed by atoms with Crippen molar-refractivity contribution in [2.24, 2.45) is 0 Å². The Kier molecular flexibility index (Phi) is 24.0. The van der Waals surface area contributed by atoms with Gasteiger partial charge in [0.05, 0.1) is 23.3 Å². The SMILES string of the molecule is O=C([O-])c1cc(-c2ccccc2[O-])[n-]n1.O=C([O-])c1cc(-c2ccccc2[O-])[n-]n1.[Mn+3].[Mn+3].c1ccncc1.c1ccncc1.c1ccncc1.c1ccncc1. The van der Waals surface area contributed by atoms with Gasteiger partial charge in [0.1, 0.15) is 0 Å². The van der Waals surface area contributed by atoms with E-state index in [4.69, 9.17) is 0 Å². The summed E-state index contributed by atoms with van der Waals surface area (Å²) in [6.45, 7) is 0. The van der Waals surface area contributed by atoms with Crippen molar-refractivity contribution in [3.8, 4) is 34.0 Å². The van der Waals surface area contributed by atoms with E-state index in [0.29, 0.717) is 11.1 Å². The van der Waals surface area contributed by atoms with Gasteiger partial charge in [0.15, 0.2) is 0 Å². The van der Waals surface area contributed by atoms with Gasteiger partial charge < -0.3 is 50.4 Å². The quantitative estimate of drug-likeness (QED) is 0.232. The van der Waals surface area contributed by atoms with Crippen LogP contribution >= 0.6 is 0 Å². The largest absolute Gasteiger partial charge is 3.00 e. The number of pyridine rings is 4. The first kappa shape index (κ1) is 47.1. The molecule has 8 rings (SSSR count). The fourth-order valence-corrected chi connectivity index (χ4v) is 3.66. The molecule has 0 saturated carbocycles. The third-order valence-electron chi connectivity index (χ3n) is 6.09. The van der Waals surface area contributed by atoms with Gasteiger partial charge in [0.25, 0.3) is 0 Å². The predicted molar refractivity (Wildman–Crippen MR) is 190 cm³/mol. The number of carbonyl (C=O) groups is 2. The van der Waals surface area contributed by atoms with E-state index in [1.807, 2.05) is 72.8 Å². The van der Waals surface area contributed by atoms with E-state index >= 15 is 0 Å². The Morgan fingerprint density at radius 3 is 0.857 bits per heavy atom. The number of para-hydroxylation sites is 2. The molecule has 16 heteroatoms. The van der Waals surface area contributed by atoms with Crippen molar-refractivity contribution in [2.45, 2.75) is 0 Å². The summed E-state index contributed by atoms with van der Waals surface area (Å²) in [6.07, 6.45) is 14.0. The predicted octanol–water partition coefficient (Wildman–Crippen LogP) is 2.61. The summed E-state index contributed by atoms with van der Waals surface area (Å²) in [5.74, 6) is -3.25. The smallest absolute Gasteiger partial charge is 0.872 e. The average Bonchev–Trinajstić information content (AvgIpc) is 3.94. The van der Waals surface area contributed by atoms with Crippen LogP contribution < -0.4 is 30.6 Å². The molecule has 0 aliphatic carbocycles. The molecule has 0 N–H and O–H groups in total. The summed E-state index contributed by atoms with van der Waals surface area (Å²) >= 11 is 0. The number of carboxylic acid groups (broad SMARTS) is 2. The second kappa shape index (κ2) is 28.5. The number of nitrogens with zero attached hydrogens (tertiary/aromatic N) is 8. The van der Waals surface area contributed by atoms with Crippen molar-refractivity contribution < 1.29 is 64.2 Å². The van der Waals surface area contributed by atoms with E-state index in [-0.39, 0.29) is 68.4 Å². The number of benzene rings is 2. The monoisotopic (exact) mass is 828 g/mol. The van der Waals surface area contributed by atoms with E-state index in [1.54, 1.807) is 86.0 Å². The molecule has 56 heavy (non-hydrogen) atoms. The fraction of sp³-hybridized carbons (Fsp3) is 0. The molecule has 0 amide bonds. The number of hydrogen-bond donors (Lipinski definition) is 0. The molecule has 0 aliphatic heterocycles. The van der Waals surface area contributed by atoms with Crippen molar-refractivity contribution in [1.29, 1.82) is 0 Å². The van der Waals surface area contributed by atoms with Gasteiger partial charge in [-0.3, -0.25) is 19.9 Å². The van der Waals surface area contributed by atoms with Gasteiger partial charge in [0.2, 0.25) is 0 Å². The topological polar surface area (TPSA) is 232 Å². The summed E-state index contributed by atoms with van der Waals surface area (Å²) in [7, 11) is 0. The standard InChI is InChI=1S/2C10H8N2O3.4C5H5N.2Mn/c2*13-9-4-2-1-3-6(9)7-5-8(10(14)15)12-11-7;4*1-2-4-6-5-3-1;;/h2*1-5H,(H3,11,12,13,14,15);4*1-5H;;/q;;;;;;2*+3/p-6. The molecular weight excluding hydrogens is 798 g/mol. The molecule has 0 fully saturated rings. The van der Waals surface area contributed by atoms with Crippen LogP contribution in [0.1, 0.15) is 21.0 Å². The number of hydrogen-bond acceptors (Lipinski definition) is 12. The summed E-state index contributed by atoms with van der Waals surface area (Å²) in [5, 5.41) is 57.6. The van der Waals surface area contributed by atoms with Crippen LogP contribution in [-0.4, -0.2) is 42.1 Å². The van der Waals surface area contributed by atoms with Crippen LogP contribution in [0, 0.1) is 0 Å². The van der Waals surface area contributed by atoms with E-state index in [9.17, 15) is 30.0 Å². The van der Waals surface area contributed by atoms with E-state index in [2.05, 4.69) is 40.3 Å². The Morgan fingerprint density at radius 2 is 0.679 bits per heavy atom. The van der Waals surface area contributed by atoms with Gasteiger partial charge in [-0.05, 0) is 71.8 Å². The summed E-state index contributed by atoms with van der Waals surface area (Å²) in [5.41, 5.74) is 0.621. The zero-order valence-corrected chi connectivity index (χ0v) is 31.5. The second-order valence-corrected chi connectivity index (χ2v) is 9.90. The Labute approximate surface area is 343 Å². The number of carboxylic acids is 2. The second-order valence-electron chi connectivity index (χ2n) is 9.90. The van der Waals surface area contributed by atoms with Gasteiger partial charge in [-0.15, -0.1) is 22.9 Å². The third kappa shape index (κ3) is 18.7. The summed E-state index contributed by atoms with van der Waals surface area (Å²) in [6, 6.07) is 37.7. The molecule has 0 radical (unpaired) electrons. The normalized spacial score (nSPS) is 8.86. The van der Waals surface area contributed by atoms with Crippen molar-refractivity contribution in [3.63, 3.8) is 0 Å². The van der Waals surface area contributed by atoms with Gasteiger partial charge >= 0.3 is 34.1 Å². The molecule has 0 unspecified atom stereocenters. The first-order chi connectivity index (χ1) is 26.4. The number of aromatic nitrogens is 8. The molecule has 0 spiro atoms. The van der Waals surface area contributed by atoms with Crippen LogP contribution in [0.4, 0.5) is 0 Å². The third-order valence-corrected chi connectivity index (χ3v) is 6.09. The van der Waals surface area contributed by atoms with E-state index < -0.39 is 11.9 Å². The maximum absolute atomic E-state index is 11.4. The van der Waals surface area contributed by atoms with Crippen molar-refractivity contribution in [1.82, 2.24) is 40.3 Å². The summed E-state index contributed by atoms with van der Waals surface area (Å²) < 4.78 is 0. The van der Waals surface area contributed by atoms with Crippen LogP contribution in [0.15, 0.2) is 183 Å². The van der Waals surface area contributed by atoms with E-state index in [1.165, 1.54) is 24.3 Å². The van der Waals surface area contributed by atoms with Crippen LogP contribution in [0.3, 0.4) is 0 Å². The minimum absolute atomic E-state index is 0. The molecule has 6 aromatic heterocycles. The minimum atomic E-state index is -1.41. The van der Waals surface area contributed by atoms with Crippen LogP contribution in [0.5, 0.6) is 11.5 Å². The van der Waals surface area contributed by atoms with Gasteiger partial charge in [-0.2, -0.15) is 0 Å². The fourth-order valence-electron chi connectivity index (χ4n) is 3.66. The molecular formula is C40H30Mn2N8O6. The maximum atomic E-state index is 11.4. The van der Waals surface area contributed by atoms with Crippen molar-refractivity contribution in [2.75, 3.05) is 0 Å². The van der Waals surface area contributed by atoms with E-state index in [0.717, 1.165) is 0 Å². The molecule has 2 aromatic carbocycles. The Morgan fingerprint density at radius 1 is 0.411 bits per heavy atom. The Balaban J connectivity index is 0.000000353. The van der Waals surface area contributed by atoms with Gasteiger partial charge in [-0.1, -0.05) is 72.8 Å². The molecule has 8 aromatic rings. The minimum Gasteiger partial charge on any atom is -0.872 e. The zero-order chi connectivity index (χ0) is 38.6. The number of rotatable bonds is 4. The van der Waals surface area contributed by atoms with Gasteiger partial charge in [0, 0.05) is 49.6 Å². The Bertz CT molecular complexity index is 1860. The molecule has 0 atom stereocenters. The molecule has 0 aliphatic rings. The van der Waals surface area contributed by atoms with Crippen molar-refractivity contribution >= 4 is 11.9 Å². The summed E-state index contributed by atoms with van der Waals surface area (Å²) in [4.78, 5) is 36.0. The first-order valence-corrected chi connectivity index (χ1v) is 15.7. The Hall–Kier alpha value is -6.96.